The molecule has 0 aliphatic heterocycles. The highest BCUT2D eigenvalue weighted by molar-refractivity contribution is 5.82. The van der Waals surface area contributed by atoms with E-state index in [-0.39, 0.29) is 0 Å². The minimum Gasteiger partial charge on any atom is -0.497 e. The lowest BCUT2D eigenvalue weighted by Crippen LogP contribution is -2.03. The number of hydrogen-bond donors (Lipinski definition) is 0. The zero-order valence-electron chi connectivity index (χ0n) is 16.1. The summed E-state index contributed by atoms with van der Waals surface area (Å²) < 4.78 is 15.3. The number of hydrogen-bond acceptors (Lipinski definition) is 5. The number of ether oxygens (including phenoxy) is 3. The van der Waals surface area contributed by atoms with Gasteiger partial charge in [-0.15, -0.1) is 0 Å². The molecule has 2 rings (SSSR count). The monoisotopic (exact) mass is 380 g/mol. The molecule has 0 radical (unpaired) electrons. The van der Waals surface area contributed by atoms with Gasteiger partial charge in [0.15, 0.2) is 0 Å². The first-order chi connectivity index (χ1) is 13.6. The van der Waals surface area contributed by atoms with Crippen molar-refractivity contribution in [2.24, 2.45) is 0 Å². The van der Waals surface area contributed by atoms with Crippen molar-refractivity contribution in [2.45, 2.75) is 19.8 Å². The van der Waals surface area contributed by atoms with Gasteiger partial charge in [-0.05, 0) is 60.7 Å². The van der Waals surface area contributed by atoms with E-state index < -0.39 is 5.97 Å². The quantitative estimate of drug-likeness (QED) is 0.200. The number of carbonyl (C=O) groups is 2. The Balaban J connectivity index is 2.13. The molecular weight excluding hydrogens is 356 g/mol. The Labute approximate surface area is 165 Å². The molecule has 0 spiro atoms. The first kappa shape index (κ1) is 21.0. The molecule has 146 valence electrons. The highest BCUT2D eigenvalue weighted by atomic mass is 16.5. The highest BCUT2D eigenvalue weighted by Gasteiger charge is 2.06. The number of aryl methyl sites for hydroxylation is 1. The second-order valence-electron chi connectivity index (χ2n) is 6.12. The molecule has 5 nitrogen and oxygen atoms in total. The second-order valence-corrected chi connectivity index (χ2v) is 6.12. The van der Waals surface area contributed by atoms with E-state index in [4.69, 9.17) is 14.2 Å². The summed E-state index contributed by atoms with van der Waals surface area (Å²) in [5.41, 5.74) is 3.88. The van der Waals surface area contributed by atoms with Crippen LogP contribution in [0, 0.1) is 0 Å². The minimum atomic E-state index is -0.431. The third kappa shape index (κ3) is 6.13. The topological polar surface area (TPSA) is 61.8 Å². The lowest BCUT2D eigenvalue weighted by Gasteiger charge is -2.09. The van der Waals surface area contributed by atoms with Crippen LogP contribution < -0.4 is 9.47 Å². The van der Waals surface area contributed by atoms with Gasteiger partial charge >= 0.3 is 5.97 Å². The van der Waals surface area contributed by atoms with Gasteiger partial charge in [-0.25, -0.2) is 4.79 Å². The van der Waals surface area contributed by atoms with Gasteiger partial charge in [-0.3, -0.25) is 4.79 Å². The number of methoxy groups -OCH3 is 1. The zero-order valence-corrected chi connectivity index (χ0v) is 16.1. The van der Waals surface area contributed by atoms with Gasteiger partial charge in [0.2, 0.25) is 0 Å². The summed E-state index contributed by atoms with van der Waals surface area (Å²) in [7, 11) is 1.63. The molecule has 5 heteroatoms. The first-order valence-electron chi connectivity index (χ1n) is 8.92. The number of benzene rings is 2. The molecule has 28 heavy (non-hydrogen) atoms. The molecule has 0 unspecified atom stereocenters. The Morgan fingerprint density at radius 1 is 1.14 bits per heavy atom. The predicted octanol–water partition coefficient (Wildman–Crippen LogP) is 4.45. The van der Waals surface area contributed by atoms with Crippen molar-refractivity contribution in [3.63, 3.8) is 0 Å². The zero-order chi connectivity index (χ0) is 20.4. The molecule has 0 saturated heterocycles. The molecule has 0 aliphatic rings. The van der Waals surface area contributed by atoms with E-state index in [9.17, 15) is 9.59 Å². The average molecular weight is 380 g/mol. The van der Waals surface area contributed by atoms with E-state index in [1.54, 1.807) is 7.11 Å². The molecule has 0 aromatic heterocycles. The molecule has 0 saturated carbocycles. The molecule has 0 N–H and O–H groups in total. The molecular formula is C23H24O5. The molecule has 0 amide bonds. The molecule has 2 aromatic carbocycles. The summed E-state index contributed by atoms with van der Waals surface area (Å²) in [4.78, 5) is 22.0. The van der Waals surface area contributed by atoms with Crippen molar-refractivity contribution in [1.82, 2.24) is 0 Å². The van der Waals surface area contributed by atoms with Crippen molar-refractivity contribution in [3.05, 3.63) is 71.8 Å². The van der Waals surface area contributed by atoms with Crippen LogP contribution in [-0.2, 0) is 20.7 Å². The fraction of sp³-hybridized carbons (Fsp3) is 0.217. The van der Waals surface area contributed by atoms with Crippen LogP contribution in [0.1, 0.15) is 30.0 Å². The fourth-order valence-corrected chi connectivity index (χ4v) is 2.69. The van der Waals surface area contributed by atoms with Gasteiger partial charge in [0.05, 0.1) is 13.7 Å². The SMILES string of the molecule is C=CC(=O)OCCCc1ccc(/C=C(\C)c2ccc(OC)cc2)c(OC=O)c1. The minimum absolute atomic E-state index is 0.312. The van der Waals surface area contributed by atoms with Crippen molar-refractivity contribution in [3.8, 4) is 11.5 Å². The van der Waals surface area contributed by atoms with E-state index in [0.29, 0.717) is 31.7 Å². The van der Waals surface area contributed by atoms with Gasteiger partial charge < -0.3 is 14.2 Å². The van der Waals surface area contributed by atoms with Crippen LogP contribution in [0.2, 0.25) is 0 Å². The van der Waals surface area contributed by atoms with E-state index >= 15 is 0 Å². The van der Waals surface area contributed by atoms with Crippen LogP contribution in [0.5, 0.6) is 11.5 Å². The molecule has 0 bridgehead atoms. The normalized spacial score (nSPS) is 10.9. The number of allylic oxidation sites excluding steroid dienone is 1. The molecule has 0 heterocycles. The third-order valence-corrected chi connectivity index (χ3v) is 4.19. The summed E-state index contributed by atoms with van der Waals surface area (Å²) in [6, 6.07) is 13.5. The van der Waals surface area contributed by atoms with Crippen LogP contribution in [0.3, 0.4) is 0 Å². The molecule has 2 aromatic rings. The Kier molecular flexibility index (Phi) is 8.03. The van der Waals surface area contributed by atoms with Crippen LogP contribution >= 0.6 is 0 Å². The summed E-state index contributed by atoms with van der Waals surface area (Å²) in [6.07, 6.45) is 4.47. The summed E-state index contributed by atoms with van der Waals surface area (Å²) >= 11 is 0. The summed E-state index contributed by atoms with van der Waals surface area (Å²) in [5, 5.41) is 0. The standard InChI is InChI=1S/C23H24O5/c1-4-23(25)27-13-5-6-18-7-8-20(22(15-18)28-16-24)14-17(2)19-9-11-21(26-3)12-10-19/h4,7-12,14-16H,1,5-6,13H2,2-3H3/b17-14+. The maximum Gasteiger partial charge on any atom is 0.330 e. The Morgan fingerprint density at radius 3 is 2.54 bits per heavy atom. The number of rotatable bonds is 10. The molecule has 0 aliphatic carbocycles. The maximum atomic E-state index is 11.0. The highest BCUT2D eigenvalue weighted by Crippen LogP contribution is 2.27. The van der Waals surface area contributed by atoms with E-state index in [1.165, 1.54) is 0 Å². The Hall–Kier alpha value is -3.34. The maximum absolute atomic E-state index is 11.0. The molecule has 0 atom stereocenters. The smallest absolute Gasteiger partial charge is 0.330 e. The largest absolute Gasteiger partial charge is 0.497 e. The van der Waals surface area contributed by atoms with Gasteiger partial charge in [0.25, 0.3) is 6.47 Å². The lowest BCUT2D eigenvalue weighted by atomic mass is 10.0. The van der Waals surface area contributed by atoms with Crippen molar-refractivity contribution in [1.29, 1.82) is 0 Å². The van der Waals surface area contributed by atoms with Crippen LogP contribution in [0.4, 0.5) is 0 Å². The van der Waals surface area contributed by atoms with Crippen molar-refractivity contribution < 1.29 is 23.8 Å². The molecule has 0 fully saturated rings. The van der Waals surface area contributed by atoms with Gasteiger partial charge in [0.1, 0.15) is 11.5 Å². The first-order valence-corrected chi connectivity index (χ1v) is 8.92. The summed E-state index contributed by atoms with van der Waals surface area (Å²) in [5.74, 6) is 0.854. The van der Waals surface area contributed by atoms with E-state index in [2.05, 4.69) is 6.58 Å². The lowest BCUT2D eigenvalue weighted by molar-refractivity contribution is -0.137. The van der Waals surface area contributed by atoms with Gasteiger partial charge in [-0.2, -0.15) is 0 Å². The predicted molar refractivity (Wildman–Crippen MR) is 109 cm³/mol. The van der Waals surface area contributed by atoms with Gasteiger partial charge in [-0.1, -0.05) is 30.8 Å². The van der Waals surface area contributed by atoms with E-state index in [0.717, 1.165) is 34.1 Å². The van der Waals surface area contributed by atoms with Crippen molar-refractivity contribution >= 4 is 24.1 Å². The second kappa shape index (κ2) is 10.7. The van der Waals surface area contributed by atoms with Gasteiger partial charge in [0, 0.05) is 11.6 Å². The fourth-order valence-electron chi connectivity index (χ4n) is 2.69. The van der Waals surface area contributed by atoms with Crippen LogP contribution in [-0.4, -0.2) is 26.2 Å². The van der Waals surface area contributed by atoms with Crippen molar-refractivity contribution in [2.75, 3.05) is 13.7 Å². The Morgan fingerprint density at radius 2 is 1.89 bits per heavy atom. The number of carbonyl (C=O) groups excluding carboxylic acids is 2. The summed E-state index contributed by atoms with van der Waals surface area (Å²) in [6.45, 7) is 6.09. The average Bonchev–Trinajstić information content (AvgIpc) is 2.72. The van der Waals surface area contributed by atoms with Crippen LogP contribution in [0.15, 0.2) is 55.1 Å². The van der Waals surface area contributed by atoms with Crippen LogP contribution in [0.25, 0.3) is 11.6 Å². The number of esters is 1. The Bertz CT molecular complexity index is 850. The van der Waals surface area contributed by atoms with E-state index in [1.807, 2.05) is 55.5 Å². The third-order valence-electron chi connectivity index (χ3n) is 4.19.